The van der Waals surface area contributed by atoms with Crippen molar-refractivity contribution in [3.05, 3.63) is 65.7 Å². The van der Waals surface area contributed by atoms with Gasteiger partial charge in [-0.2, -0.15) is 0 Å². The number of ether oxygens (including phenoxy) is 3. The molecule has 1 aliphatic heterocycles. The average molecular weight is 420 g/mol. The second-order valence-corrected chi connectivity index (χ2v) is 7.27. The van der Waals surface area contributed by atoms with Gasteiger partial charge in [-0.05, 0) is 11.6 Å². The summed E-state index contributed by atoms with van der Waals surface area (Å²) in [7, 11) is 1.34. The number of hydrogen-bond donors (Lipinski definition) is 5. The molecule has 8 heteroatoms. The summed E-state index contributed by atoms with van der Waals surface area (Å²) in [6.07, 6.45) is -7.91. The lowest BCUT2D eigenvalue weighted by molar-refractivity contribution is -0.320. The lowest BCUT2D eigenvalue weighted by Crippen LogP contribution is -2.60. The van der Waals surface area contributed by atoms with Crippen molar-refractivity contribution < 1.29 is 39.7 Å². The number of phenolic OH excluding ortho intramolecular Hbond substituents is 1. The topological polar surface area (TPSA) is 129 Å². The summed E-state index contributed by atoms with van der Waals surface area (Å²) in [4.78, 5) is 0. The second-order valence-electron chi connectivity index (χ2n) is 7.27. The van der Waals surface area contributed by atoms with E-state index in [9.17, 15) is 25.5 Å². The van der Waals surface area contributed by atoms with Crippen LogP contribution in [0.3, 0.4) is 0 Å². The van der Waals surface area contributed by atoms with Crippen molar-refractivity contribution in [3.63, 3.8) is 0 Å². The van der Waals surface area contributed by atoms with Gasteiger partial charge in [0.2, 0.25) is 0 Å². The highest BCUT2D eigenvalue weighted by Crippen LogP contribution is 2.32. The molecule has 8 nitrogen and oxygen atoms in total. The number of benzene rings is 2. The summed E-state index contributed by atoms with van der Waals surface area (Å²) in [6.45, 7) is -0.451. The second kappa shape index (κ2) is 10.3. The van der Waals surface area contributed by atoms with Crippen molar-refractivity contribution in [1.82, 2.24) is 0 Å². The lowest BCUT2D eigenvalue weighted by Gasteiger charge is -2.42. The van der Waals surface area contributed by atoms with Crippen LogP contribution in [-0.4, -0.2) is 76.1 Å². The van der Waals surface area contributed by atoms with E-state index in [1.165, 1.54) is 13.2 Å². The van der Waals surface area contributed by atoms with Gasteiger partial charge in [-0.15, -0.1) is 0 Å². The van der Waals surface area contributed by atoms with Gasteiger partial charge < -0.3 is 39.7 Å². The first kappa shape index (κ1) is 22.6. The van der Waals surface area contributed by atoms with E-state index in [0.29, 0.717) is 0 Å². The molecule has 5 N–H and O–H groups in total. The molecule has 0 bridgehead atoms. The van der Waals surface area contributed by atoms with Gasteiger partial charge in [0, 0.05) is 19.1 Å². The van der Waals surface area contributed by atoms with E-state index < -0.39 is 49.5 Å². The summed E-state index contributed by atoms with van der Waals surface area (Å²) in [5, 5.41) is 51.5. The number of rotatable bonds is 8. The number of methoxy groups -OCH3 is 1. The third-order valence-electron chi connectivity index (χ3n) is 5.29. The van der Waals surface area contributed by atoms with Crippen LogP contribution in [0, 0.1) is 0 Å². The summed E-state index contributed by atoms with van der Waals surface area (Å²) < 4.78 is 16.7. The number of hydrogen-bond acceptors (Lipinski definition) is 8. The molecule has 1 heterocycles. The van der Waals surface area contributed by atoms with E-state index in [2.05, 4.69) is 0 Å². The molecule has 2 aromatic carbocycles. The Labute approximate surface area is 174 Å². The van der Waals surface area contributed by atoms with Gasteiger partial charge in [0.1, 0.15) is 36.3 Å². The minimum absolute atomic E-state index is 0.0931. The molecular formula is C22H28O8. The summed E-state index contributed by atoms with van der Waals surface area (Å²) in [6, 6.07) is 15.6. The van der Waals surface area contributed by atoms with Gasteiger partial charge in [0.25, 0.3) is 0 Å². The van der Waals surface area contributed by atoms with Crippen LogP contribution in [-0.2, 0) is 20.6 Å². The van der Waals surface area contributed by atoms with E-state index in [4.69, 9.17) is 14.2 Å². The Kier molecular flexibility index (Phi) is 7.79. The maximum absolute atomic E-state index is 11.0. The number of para-hydroxylation sites is 1. The number of aromatic hydroxyl groups is 1. The van der Waals surface area contributed by atoms with Gasteiger partial charge in [-0.25, -0.2) is 0 Å². The first-order valence-corrected chi connectivity index (χ1v) is 9.76. The van der Waals surface area contributed by atoms with Crippen molar-refractivity contribution in [2.24, 2.45) is 0 Å². The summed E-state index contributed by atoms with van der Waals surface area (Å²) in [5.41, 5.74) is 1.12. The van der Waals surface area contributed by atoms with Crippen LogP contribution in [0.15, 0.2) is 54.6 Å². The molecule has 1 fully saturated rings. The van der Waals surface area contributed by atoms with Crippen molar-refractivity contribution in [2.75, 3.05) is 13.7 Å². The molecule has 0 aliphatic carbocycles. The van der Waals surface area contributed by atoms with Crippen molar-refractivity contribution in [1.29, 1.82) is 0 Å². The van der Waals surface area contributed by atoms with E-state index in [0.717, 1.165) is 5.56 Å². The fourth-order valence-electron chi connectivity index (χ4n) is 3.65. The van der Waals surface area contributed by atoms with Crippen molar-refractivity contribution in [2.45, 2.75) is 49.3 Å². The van der Waals surface area contributed by atoms with Gasteiger partial charge >= 0.3 is 0 Å². The maximum atomic E-state index is 11.0. The largest absolute Gasteiger partial charge is 0.508 e. The average Bonchev–Trinajstić information content (AvgIpc) is 2.76. The van der Waals surface area contributed by atoms with Crippen LogP contribution >= 0.6 is 0 Å². The molecule has 30 heavy (non-hydrogen) atoms. The van der Waals surface area contributed by atoms with Crippen molar-refractivity contribution >= 4 is 0 Å². The normalized spacial score (nSPS) is 28.8. The van der Waals surface area contributed by atoms with Gasteiger partial charge in [0.15, 0.2) is 6.29 Å². The van der Waals surface area contributed by atoms with Crippen LogP contribution in [0.4, 0.5) is 0 Å². The molecule has 0 amide bonds. The lowest BCUT2D eigenvalue weighted by atomic mass is 9.96. The maximum Gasteiger partial charge on any atom is 0.187 e. The van der Waals surface area contributed by atoms with Gasteiger partial charge in [0.05, 0.1) is 12.7 Å². The molecule has 1 saturated heterocycles. The Morgan fingerprint density at radius 3 is 2.30 bits per heavy atom. The molecule has 2 aromatic rings. The van der Waals surface area contributed by atoms with Crippen LogP contribution < -0.4 is 0 Å². The van der Waals surface area contributed by atoms with Crippen LogP contribution in [0.2, 0.25) is 0 Å². The van der Waals surface area contributed by atoms with Crippen LogP contribution in [0.5, 0.6) is 5.75 Å². The molecular weight excluding hydrogens is 392 g/mol. The van der Waals surface area contributed by atoms with Crippen LogP contribution in [0.1, 0.15) is 17.2 Å². The first-order valence-electron chi connectivity index (χ1n) is 9.76. The Bertz CT molecular complexity index is 784. The Balaban J connectivity index is 1.85. The van der Waals surface area contributed by atoms with E-state index in [1.54, 1.807) is 18.2 Å². The molecule has 3 rings (SSSR count). The number of aliphatic hydroxyl groups is 4. The van der Waals surface area contributed by atoms with E-state index in [-0.39, 0.29) is 17.7 Å². The van der Waals surface area contributed by atoms with Crippen LogP contribution in [0.25, 0.3) is 0 Å². The fraction of sp³-hybridized carbons (Fsp3) is 0.455. The molecule has 164 valence electrons. The first-order chi connectivity index (χ1) is 14.5. The molecule has 2 unspecified atom stereocenters. The molecule has 0 radical (unpaired) electrons. The highest BCUT2D eigenvalue weighted by Gasteiger charge is 2.46. The zero-order valence-electron chi connectivity index (χ0n) is 16.6. The predicted molar refractivity (Wildman–Crippen MR) is 107 cm³/mol. The van der Waals surface area contributed by atoms with E-state index >= 15 is 0 Å². The van der Waals surface area contributed by atoms with Gasteiger partial charge in [-0.3, -0.25) is 0 Å². The van der Waals surface area contributed by atoms with Gasteiger partial charge in [-0.1, -0.05) is 48.5 Å². The molecule has 7 atom stereocenters. The highest BCUT2D eigenvalue weighted by atomic mass is 16.7. The Morgan fingerprint density at radius 2 is 1.67 bits per heavy atom. The molecule has 0 spiro atoms. The third-order valence-corrected chi connectivity index (χ3v) is 5.29. The SMILES string of the molecule is CO[C@H]1[C@H](O)[C@@H](O)[C@H](OC(Cc2ccccc2)C(O)c2ccccc2O)O[C@@H]1CO. The third kappa shape index (κ3) is 4.98. The quantitative estimate of drug-likeness (QED) is 0.418. The highest BCUT2D eigenvalue weighted by molar-refractivity contribution is 5.34. The summed E-state index contributed by atoms with van der Waals surface area (Å²) in [5.74, 6) is -0.0931. The predicted octanol–water partition coefficient (Wildman–Crippen LogP) is 0.507. The monoisotopic (exact) mass is 420 g/mol. The molecule has 0 saturated carbocycles. The number of phenols is 1. The summed E-state index contributed by atoms with van der Waals surface area (Å²) >= 11 is 0. The van der Waals surface area contributed by atoms with Crippen molar-refractivity contribution in [3.8, 4) is 5.75 Å². The fourth-order valence-corrected chi connectivity index (χ4v) is 3.65. The Hall–Kier alpha value is -2.04. The Morgan fingerprint density at radius 1 is 1.00 bits per heavy atom. The molecule has 0 aromatic heterocycles. The zero-order chi connectivity index (χ0) is 21.7. The zero-order valence-corrected chi connectivity index (χ0v) is 16.6. The minimum Gasteiger partial charge on any atom is -0.508 e. The number of aliphatic hydroxyl groups excluding tert-OH is 4. The smallest absolute Gasteiger partial charge is 0.187 e. The standard InChI is InChI=1S/C22H28O8/c1-28-21-17(12-23)30-22(20(27)19(21)26)29-16(11-13-7-3-2-4-8-13)18(25)14-9-5-6-10-15(14)24/h2-10,16-27H,11-12H2,1H3/t16?,17-,18?,19-,20-,21-,22-/m1/s1. The van der Waals surface area contributed by atoms with E-state index in [1.807, 2.05) is 30.3 Å². The molecule has 1 aliphatic rings. The minimum atomic E-state index is -1.47.